The lowest BCUT2D eigenvalue weighted by atomic mass is 10.1. The molecule has 168 valence electrons. The highest BCUT2D eigenvalue weighted by molar-refractivity contribution is 8.16. The van der Waals surface area contributed by atoms with Crippen LogP contribution in [0.15, 0.2) is 88.8 Å². The molecule has 0 spiro atoms. The third-order valence-electron chi connectivity index (χ3n) is 4.91. The van der Waals surface area contributed by atoms with E-state index in [0.29, 0.717) is 39.1 Å². The fourth-order valence-corrected chi connectivity index (χ4v) is 5.15. The molecule has 0 bridgehead atoms. The summed E-state index contributed by atoms with van der Waals surface area (Å²) in [6.07, 6.45) is 0.789. The Morgan fingerprint density at radius 1 is 0.970 bits per heavy atom. The maximum Gasteiger partial charge on any atom is 0.266 e. The Bertz CT molecular complexity index is 1290. The van der Waals surface area contributed by atoms with Gasteiger partial charge in [0.05, 0.1) is 22.3 Å². The van der Waals surface area contributed by atoms with Crippen LogP contribution in [-0.2, 0) is 11.2 Å². The molecular formula is C25H22FN3O2S2. The molecule has 0 fully saturated rings. The van der Waals surface area contributed by atoms with Crippen molar-refractivity contribution in [1.29, 1.82) is 0 Å². The van der Waals surface area contributed by atoms with Gasteiger partial charge in [0.2, 0.25) is 5.91 Å². The van der Waals surface area contributed by atoms with Crippen molar-refractivity contribution in [3.8, 4) is 5.69 Å². The zero-order valence-electron chi connectivity index (χ0n) is 17.7. The first-order valence-corrected chi connectivity index (χ1v) is 12.5. The van der Waals surface area contributed by atoms with E-state index in [2.05, 4.69) is 10.3 Å². The van der Waals surface area contributed by atoms with Crippen molar-refractivity contribution in [3.05, 3.63) is 101 Å². The Balaban J connectivity index is 1.39. The Kier molecular flexibility index (Phi) is 7.80. The van der Waals surface area contributed by atoms with Gasteiger partial charge in [-0.05, 0) is 48.4 Å². The van der Waals surface area contributed by atoms with Gasteiger partial charge in [0.15, 0.2) is 5.16 Å². The van der Waals surface area contributed by atoms with E-state index in [1.165, 1.54) is 45.8 Å². The molecule has 0 saturated carbocycles. The van der Waals surface area contributed by atoms with Crippen LogP contribution >= 0.6 is 23.5 Å². The number of halogens is 1. The van der Waals surface area contributed by atoms with Crippen LogP contribution in [0.4, 0.5) is 4.39 Å². The van der Waals surface area contributed by atoms with E-state index in [1.54, 1.807) is 30.3 Å². The number of carbonyl (C=O) groups excluding carboxylic acids is 1. The molecule has 0 atom stereocenters. The Hall–Kier alpha value is -3.10. The Morgan fingerprint density at radius 3 is 2.48 bits per heavy atom. The molecule has 4 aromatic rings. The van der Waals surface area contributed by atoms with Crippen LogP contribution in [0.3, 0.4) is 0 Å². The second kappa shape index (κ2) is 11.2. The largest absolute Gasteiger partial charge is 0.355 e. The van der Waals surface area contributed by atoms with E-state index in [4.69, 9.17) is 0 Å². The minimum absolute atomic E-state index is 0.0288. The molecular weight excluding hydrogens is 457 g/mol. The van der Waals surface area contributed by atoms with Gasteiger partial charge < -0.3 is 5.32 Å². The molecule has 0 unspecified atom stereocenters. The van der Waals surface area contributed by atoms with Crippen molar-refractivity contribution in [3.63, 3.8) is 0 Å². The summed E-state index contributed by atoms with van der Waals surface area (Å²) < 4.78 is 14.9. The number of hydrogen-bond donors (Lipinski definition) is 1. The first-order chi connectivity index (χ1) is 16.1. The Labute approximate surface area is 199 Å². The summed E-state index contributed by atoms with van der Waals surface area (Å²) in [6, 6.07) is 22.9. The van der Waals surface area contributed by atoms with Gasteiger partial charge in [0.1, 0.15) is 5.82 Å². The molecule has 33 heavy (non-hydrogen) atoms. The zero-order valence-corrected chi connectivity index (χ0v) is 19.4. The summed E-state index contributed by atoms with van der Waals surface area (Å²) in [5.41, 5.74) is 2.12. The molecule has 0 aliphatic heterocycles. The summed E-state index contributed by atoms with van der Waals surface area (Å²) in [5.74, 6) is -0.0848. The average molecular weight is 480 g/mol. The van der Waals surface area contributed by atoms with Crippen LogP contribution in [-0.4, -0.2) is 32.8 Å². The van der Waals surface area contributed by atoms with Crippen LogP contribution < -0.4 is 10.9 Å². The Morgan fingerprint density at radius 2 is 1.70 bits per heavy atom. The summed E-state index contributed by atoms with van der Waals surface area (Å²) >= 11 is 2.83. The monoisotopic (exact) mass is 479 g/mol. The van der Waals surface area contributed by atoms with Crippen molar-refractivity contribution >= 4 is 40.3 Å². The minimum Gasteiger partial charge on any atom is -0.355 e. The number of carbonyl (C=O) groups is 1. The zero-order chi connectivity index (χ0) is 23.0. The van der Waals surface area contributed by atoms with E-state index < -0.39 is 0 Å². The van der Waals surface area contributed by atoms with Gasteiger partial charge in [-0.1, -0.05) is 54.2 Å². The normalized spacial score (nSPS) is 10.9. The molecule has 1 N–H and O–H groups in total. The second-order valence-electron chi connectivity index (χ2n) is 7.22. The summed E-state index contributed by atoms with van der Waals surface area (Å²) in [5, 5.41) is 4.47. The number of hydrogen-bond acceptors (Lipinski definition) is 5. The van der Waals surface area contributed by atoms with Gasteiger partial charge in [0.25, 0.3) is 5.56 Å². The predicted octanol–water partition coefficient (Wildman–Crippen LogP) is 4.67. The van der Waals surface area contributed by atoms with Crippen LogP contribution in [0.1, 0.15) is 5.56 Å². The molecule has 1 aromatic heterocycles. The van der Waals surface area contributed by atoms with E-state index >= 15 is 0 Å². The van der Waals surface area contributed by atoms with Crippen molar-refractivity contribution in [2.24, 2.45) is 0 Å². The highest BCUT2D eigenvalue weighted by Gasteiger charge is 2.13. The first kappa shape index (κ1) is 23.1. The first-order valence-electron chi connectivity index (χ1n) is 10.4. The fraction of sp³-hybridized carbons (Fsp3) is 0.160. The highest BCUT2D eigenvalue weighted by atomic mass is 32.2. The average Bonchev–Trinajstić information content (AvgIpc) is 2.83. The summed E-state index contributed by atoms with van der Waals surface area (Å²) in [6.45, 7) is 0.590. The number of nitrogens with one attached hydrogen (secondary N) is 1. The number of thioether (sulfide) groups is 2. The van der Waals surface area contributed by atoms with Gasteiger partial charge >= 0.3 is 0 Å². The SMILES string of the molecule is O=C(CSCSc1nc2ccccc2c(=O)n1-c1ccc(F)cc1)NCCc1ccccc1. The van der Waals surface area contributed by atoms with Crippen molar-refractivity contribution in [1.82, 2.24) is 14.9 Å². The third-order valence-corrected chi connectivity index (χ3v) is 7.05. The van der Waals surface area contributed by atoms with Gasteiger partial charge in [-0.15, -0.1) is 11.8 Å². The highest BCUT2D eigenvalue weighted by Crippen LogP contribution is 2.24. The van der Waals surface area contributed by atoms with E-state index in [0.717, 1.165) is 6.42 Å². The molecule has 3 aromatic carbocycles. The molecule has 0 radical (unpaired) electrons. The maximum absolute atomic E-state index is 13.4. The smallest absolute Gasteiger partial charge is 0.266 e. The molecule has 8 heteroatoms. The van der Waals surface area contributed by atoms with Crippen LogP contribution in [0.5, 0.6) is 0 Å². The number of nitrogens with zero attached hydrogens (tertiary/aromatic N) is 2. The number of amides is 1. The van der Waals surface area contributed by atoms with E-state index in [9.17, 15) is 14.0 Å². The van der Waals surface area contributed by atoms with Crippen LogP contribution in [0, 0.1) is 5.82 Å². The topological polar surface area (TPSA) is 64.0 Å². The second-order valence-corrected chi connectivity index (χ2v) is 9.52. The van der Waals surface area contributed by atoms with Crippen LogP contribution in [0.25, 0.3) is 16.6 Å². The lowest BCUT2D eigenvalue weighted by Crippen LogP contribution is -2.27. The van der Waals surface area contributed by atoms with E-state index in [1.807, 2.05) is 36.4 Å². The van der Waals surface area contributed by atoms with Gasteiger partial charge in [0, 0.05) is 11.6 Å². The van der Waals surface area contributed by atoms with Crippen LogP contribution in [0.2, 0.25) is 0 Å². The molecule has 0 aliphatic rings. The van der Waals surface area contributed by atoms with Gasteiger partial charge in [-0.2, -0.15) is 0 Å². The van der Waals surface area contributed by atoms with E-state index in [-0.39, 0.29) is 17.3 Å². The fourth-order valence-electron chi connectivity index (χ4n) is 3.30. The maximum atomic E-state index is 13.4. The number of rotatable bonds is 9. The van der Waals surface area contributed by atoms with Gasteiger partial charge in [-0.25, -0.2) is 9.37 Å². The standard InChI is InChI=1S/C25H22FN3O2S2/c26-19-10-12-20(13-11-19)29-24(31)21-8-4-5-9-22(21)28-25(29)33-17-32-16-23(30)27-15-14-18-6-2-1-3-7-18/h1-13H,14-17H2,(H,27,30). The van der Waals surface area contributed by atoms with Crippen molar-refractivity contribution in [2.75, 3.05) is 17.4 Å². The lowest BCUT2D eigenvalue weighted by Gasteiger charge is -2.13. The number of para-hydroxylation sites is 1. The molecule has 5 nitrogen and oxygen atoms in total. The number of fused-ring (bicyclic) bond motifs is 1. The molecule has 1 heterocycles. The number of aromatic nitrogens is 2. The predicted molar refractivity (Wildman–Crippen MR) is 134 cm³/mol. The summed E-state index contributed by atoms with van der Waals surface area (Å²) in [7, 11) is 0. The van der Waals surface area contributed by atoms with Gasteiger partial charge in [-0.3, -0.25) is 14.2 Å². The number of benzene rings is 3. The molecule has 1 amide bonds. The lowest BCUT2D eigenvalue weighted by molar-refractivity contribution is -0.118. The van der Waals surface area contributed by atoms with Crippen molar-refractivity contribution < 1.29 is 9.18 Å². The minimum atomic E-state index is -0.372. The molecule has 0 aliphatic carbocycles. The quantitative estimate of drug-likeness (QED) is 0.164. The van der Waals surface area contributed by atoms with Crippen molar-refractivity contribution in [2.45, 2.75) is 11.6 Å². The third kappa shape index (κ3) is 6.03. The molecule has 0 saturated heterocycles. The summed E-state index contributed by atoms with van der Waals surface area (Å²) in [4.78, 5) is 30.0. The molecule has 4 rings (SSSR count).